The highest BCUT2D eigenvalue weighted by Crippen LogP contribution is 2.32. The fourth-order valence-electron chi connectivity index (χ4n) is 4.55. The van der Waals surface area contributed by atoms with E-state index in [9.17, 15) is 9.18 Å². The maximum absolute atomic E-state index is 14.8. The SMILES string of the molecule is Cn1cc(-c2cc(Oc3ccc(NC(=O)Nc4nc5ccc(N6CCCCC6)cc5s4)c(F)c3)ccn2)cn1. The van der Waals surface area contributed by atoms with Crippen molar-refractivity contribution in [1.29, 1.82) is 0 Å². The Hall–Kier alpha value is -4.51. The Morgan fingerprint density at radius 2 is 1.87 bits per heavy atom. The lowest BCUT2D eigenvalue weighted by atomic mass is 10.1. The molecule has 0 bridgehead atoms. The third kappa shape index (κ3) is 5.68. The van der Waals surface area contributed by atoms with Gasteiger partial charge in [0.2, 0.25) is 0 Å². The third-order valence-electron chi connectivity index (χ3n) is 6.47. The second-order valence-electron chi connectivity index (χ2n) is 9.32. The number of rotatable bonds is 6. The lowest BCUT2D eigenvalue weighted by molar-refractivity contribution is 0.262. The van der Waals surface area contributed by atoms with Crippen LogP contribution in [-0.4, -0.2) is 38.9 Å². The number of aromatic nitrogens is 4. The van der Waals surface area contributed by atoms with Gasteiger partial charge in [-0.3, -0.25) is 15.0 Å². The Balaban J connectivity index is 1.10. The van der Waals surface area contributed by atoms with Crippen molar-refractivity contribution >= 4 is 44.1 Å². The summed E-state index contributed by atoms with van der Waals surface area (Å²) in [5.74, 6) is 0.165. The van der Waals surface area contributed by atoms with E-state index in [1.807, 2.05) is 19.3 Å². The molecular formula is C28H26FN7O2S. The molecule has 0 saturated carbocycles. The summed E-state index contributed by atoms with van der Waals surface area (Å²) in [5, 5.41) is 9.86. The van der Waals surface area contributed by atoms with E-state index in [-0.39, 0.29) is 11.4 Å². The van der Waals surface area contributed by atoms with Crippen LogP contribution in [0.5, 0.6) is 11.5 Å². The molecule has 4 heterocycles. The molecule has 1 fully saturated rings. The molecule has 2 N–H and O–H groups in total. The number of piperidine rings is 1. The van der Waals surface area contributed by atoms with E-state index in [4.69, 9.17) is 4.74 Å². The molecule has 0 aliphatic carbocycles. The quantitative estimate of drug-likeness (QED) is 0.249. The Labute approximate surface area is 228 Å². The Morgan fingerprint density at radius 3 is 2.67 bits per heavy atom. The van der Waals surface area contributed by atoms with Crippen LogP contribution in [0.4, 0.5) is 25.7 Å². The van der Waals surface area contributed by atoms with Gasteiger partial charge in [-0.05, 0) is 55.7 Å². The number of carbonyl (C=O) groups excluding carboxylic acids is 1. The molecule has 0 atom stereocenters. The number of halogens is 1. The number of pyridine rings is 1. The van der Waals surface area contributed by atoms with Crippen molar-refractivity contribution in [2.24, 2.45) is 7.05 Å². The summed E-state index contributed by atoms with van der Waals surface area (Å²) < 4.78 is 23.3. The minimum Gasteiger partial charge on any atom is -0.457 e. The van der Waals surface area contributed by atoms with E-state index in [1.165, 1.54) is 48.4 Å². The molecule has 11 heteroatoms. The molecule has 3 aromatic heterocycles. The summed E-state index contributed by atoms with van der Waals surface area (Å²) in [6.45, 7) is 2.12. The Kier molecular flexibility index (Phi) is 6.80. The number of hydrogen-bond donors (Lipinski definition) is 2. The molecule has 6 rings (SSSR count). The number of hydrogen-bond acceptors (Lipinski definition) is 7. The molecule has 0 radical (unpaired) electrons. The first-order valence-electron chi connectivity index (χ1n) is 12.7. The normalized spacial score (nSPS) is 13.4. The van der Waals surface area contributed by atoms with E-state index in [0.717, 1.165) is 28.9 Å². The molecule has 39 heavy (non-hydrogen) atoms. The van der Waals surface area contributed by atoms with Crippen molar-refractivity contribution < 1.29 is 13.9 Å². The molecular weight excluding hydrogens is 517 g/mol. The summed E-state index contributed by atoms with van der Waals surface area (Å²) in [6, 6.07) is 13.3. The number of fused-ring (bicyclic) bond motifs is 1. The monoisotopic (exact) mass is 543 g/mol. The number of carbonyl (C=O) groups is 1. The van der Waals surface area contributed by atoms with Crippen LogP contribution < -0.4 is 20.3 Å². The van der Waals surface area contributed by atoms with Crippen molar-refractivity contribution in [3.05, 3.63) is 72.9 Å². The molecule has 1 aliphatic heterocycles. The van der Waals surface area contributed by atoms with Crippen molar-refractivity contribution in [3.8, 4) is 22.8 Å². The molecule has 0 unspecified atom stereocenters. The molecule has 9 nitrogen and oxygen atoms in total. The largest absolute Gasteiger partial charge is 0.457 e. The number of nitrogens with one attached hydrogen (secondary N) is 2. The maximum Gasteiger partial charge on any atom is 0.325 e. The molecule has 198 valence electrons. The van der Waals surface area contributed by atoms with Gasteiger partial charge in [0, 0.05) is 55.9 Å². The van der Waals surface area contributed by atoms with E-state index >= 15 is 0 Å². The average molecular weight is 544 g/mol. The highest BCUT2D eigenvalue weighted by molar-refractivity contribution is 7.22. The molecule has 1 saturated heterocycles. The number of ether oxygens (including phenoxy) is 1. The first-order valence-corrected chi connectivity index (χ1v) is 13.5. The maximum atomic E-state index is 14.8. The molecule has 2 aromatic carbocycles. The number of nitrogens with zero attached hydrogens (tertiary/aromatic N) is 5. The zero-order valence-corrected chi connectivity index (χ0v) is 22.0. The zero-order valence-electron chi connectivity index (χ0n) is 21.2. The minimum absolute atomic E-state index is 0.0270. The van der Waals surface area contributed by atoms with E-state index in [0.29, 0.717) is 16.6 Å². The summed E-state index contributed by atoms with van der Waals surface area (Å²) >= 11 is 1.39. The topological polar surface area (TPSA) is 97.2 Å². The standard InChI is InChI=1S/C28H26FN7O2S/c1-35-17-18(16-31-35)25-15-21(9-10-30-25)38-20-6-8-23(22(29)14-20)32-27(37)34-28-33-24-7-5-19(13-26(24)39-28)36-11-3-2-4-12-36/h5-10,13-17H,2-4,11-12H2,1H3,(H2,32,33,34,37). The van der Waals surface area contributed by atoms with Gasteiger partial charge >= 0.3 is 6.03 Å². The Morgan fingerprint density at radius 1 is 1.03 bits per heavy atom. The van der Waals surface area contributed by atoms with Crippen LogP contribution >= 0.6 is 11.3 Å². The second kappa shape index (κ2) is 10.7. The molecule has 0 spiro atoms. The predicted molar refractivity (Wildman–Crippen MR) is 151 cm³/mol. The van der Waals surface area contributed by atoms with Crippen molar-refractivity contribution in [2.45, 2.75) is 19.3 Å². The molecule has 5 aromatic rings. The lowest BCUT2D eigenvalue weighted by Crippen LogP contribution is -2.29. The van der Waals surface area contributed by atoms with Crippen LogP contribution in [0.1, 0.15) is 19.3 Å². The van der Waals surface area contributed by atoms with Crippen molar-refractivity contribution in [3.63, 3.8) is 0 Å². The van der Waals surface area contributed by atoms with Crippen LogP contribution in [0.3, 0.4) is 0 Å². The number of benzene rings is 2. The number of anilines is 3. The average Bonchev–Trinajstić information content (AvgIpc) is 3.56. The third-order valence-corrected chi connectivity index (χ3v) is 7.40. The van der Waals surface area contributed by atoms with Gasteiger partial charge in [-0.2, -0.15) is 5.10 Å². The highest BCUT2D eigenvalue weighted by atomic mass is 32.1. The van der Waals surface area contributed by atoms with Crippen LogP contribution in [0.2, 0.25) is 0 Å². The van der Waals surface area contributed by atoms with Crippen LogP contribution in [0.25, 0.3) is 21.5 Å². The van der Waals surface area contributed by atoms with Crippen molar-refractivity contribution in [2.75, 3.05) is 28.6 Å². The fourth-order valence-corrected chi connectivity index (χ4v) is 5.44. The van der Waals surface area contributed by atoms with Gasteiger partial charge in [0.15, 0.2) is 5.13 Å². The number of amides is 2. The molecule has 2 amide bonds. The van der Waals surface area contributed by atoms with Gasteiger partial charge in [0.05, 0.1) is 27.8 Å². The Bertz CT molecular complexity index is 1640. The summed E-state index contributed by atoms with van der Waals surface area (Å²) in [7, 11) is 1.83. The van der Waals surface area contributed by atoms with E-state index in [1.54, 1.807) is 35.3 Å². The smallest absolute Gasteiger partial charge is 0.325 e. The van der Waals surface area contributed by atoms with Gasteiger partial charge in [0.25, 0.3) is 0 Å². The first-order chi connectivity index (χ1) is 19.0. The number of aryl methyl sites for hydroxylation is 1. The first kappa shape index (κ1) is 24.8. The fraction of sp³-hybridized carbons (Fsp3) is 0.214. The van der Waals surface area contributed by atoms with Gasteiger partial charge in [0.1, 0.15) is 17.3 Å². The second-order valence-corrected chi connectivity index (χ2v) is 10.4. The van der Waals surface area contributed by atoms with Crippen molar-refractivity contribution in [1.82, 2.24) is 19.7 Å². The number of thiazole rings is 1. The van der Waals surface area contributed by atoms with Crippen LogP contribution in [0, 0.1) is 5.82 Å². The molecule has 1 aliphatic rings. The van der Waals surface area contributed by atoms with Gasteiger partial charge in [-0.15, -0.1) is 0 Å². The highest BCUT2D eigenvalue weighted by Gasteiger charge is 2.15. The van der Waals surface area contributed by atoms with Gasteiger partial charge < -0.3 is 15.0 Å². The number of urea groups is 1. The minimum atomic E-state index is -0.625. The van der Waals surface area contributed by atoms with Crippen LogP contribution in [0.15, 0.2) is 67.1 Å². The summed E-state index contributed by atoms with van der Waals surface area (Å²) in [6.07, 6.45) is 8.85. The summed E-state index contributed by atoms with van der Waals surface area (Å²) in [5.41, 5.74) is 3.54. The van der Waals surface area contributed by atoms with E-state index < -0.39 is 11.8 Å². The van der Waals surface area contributed by atoms with Crippen LogP contribution in [-0.2, 0) is 7.05 Å². The lowest BCUT2D eigenvalue weighted by Gasteiger charge is -2.28. The van der Waals surface area contributed by atoms with Gasteiger partial charge in [-0.25, -0.2) is 14.2 Å². The predicted octanol–water partition coefficient (Wildman–Crippen LogP) is 6.66. The summed E-state index contributed by atoms with van der Waals surface area (Å²) in [4.78, 5) is 23.8. The zero-order chi connectivity index (χ0) is 26.8. The van der Waals surface area contributed by atoms with E-state index in [2.05, 4.69) is 42.7 Å². The van der Waals surface area contributed by atoms with Gasteiger partial charge in [-0.1, -0.05) is 11.3 Å².